The van der Waals surface area contributed by atoms with Crippen LogP contribution in [0.2, 0.25) is 0 Å². The molecule has 2 aliphatic rings. The number of urea groups is 1. The molecule has 3 rings (SSSR count). The average Bonchev–Trinajstić information content (AvgIpc) is 2.73. The van der Waals surface area contributed by atoms with Crippen LogP contribution in [0.4, 0.5) is 10.5 Å². The van der Waals surface area contributed by atoms with Crippen LogP contribution in [0.5, 0.6) is 0 Å². The number of benzene rings is 1. The maximum atomic E-state index is 12.8. The summed E-state index contributed by atoms with van der Waals surface area (Å²) >= 11 is 0. The molecule has 1 atom stereocenters. The van der Waals surface area contributed by atoms with Gasteiger partial charge in [0.15, 0.2) is 0 Å². The van der Waals surface area contributed by atoms with Crippen molar-refractivity contribution in [3.05, 3.63) is 29.8 Å². The van der Waals surface area contributed by atoms with Gasteiger partial charge in [0, 0.05) is 45.4 Å². The molecule has 2 fully saturated rings. The molecule has 1 aromatic carbocycles. The molecule has 0 radical (unpaired) electrons. The topological polar surface area (TPSA) is 61.9 Å². The number of anilines is 1. The summed E-state index contributed by atoms with van der Waals surface area (Å²) in [6, 6.07) is 7.67. The van der Waals surface area contributed by atoms with Gasteiger partial charge in [0.05, 0.1) is 6.10 Å². The lowest BCUT2D eigenvalue weighted by Crippen LogP contribution is -2.44. The number of carbonyl (C=O) groups excluding carboxylic acids is 2. The Hall–Kier alpha value is -2.08. The lowest BCUT2D eigenvalue weighted by atomic mass is 9.87. The highest BCUT2D eigenvalue weighted by Gasteiger charge is 2.30. The van der Waals surface area contributed by atoms with Gasteiger partial charge in [-0.25, -0.2) is 4.79 Å². The minimum absolute atomic E-state index is 0.0376. The fraction of sp³-hybridized carbons (Fsp3) is 0.636. The molecule has 0 bridgehead atoms. The van der Waals surface area contributed by atoms with E-state index < -0.39 is 0 Å². The molecule has 0 aliphatic carbocycles. The van der Waals surface area contributed by atoms with Crippen LogP contribution >= 0.6 is 0 Å². The molecule has 0 aromatic heterocycles. The van der Waals surface area contributed by atoms with Crippen molar-refractivity contribution >= 4 is 17.6 Å². The third-order valence-electron chi connectivity index (χ3n) is 6.01. The highest BCUT2D eigenvalue weighted by Crippen LogP contribution is 2.29. The number of rotatable bonds is 5. The van der Waals surface area contributed by atoms with Crippen LogP contribution in [0, 0.1) is 5.92 Å². The number of ether oxygens (including phenoxy) is 1. The first-order valence-electron chi connectivity index (χ1n) is 10.6. The monoisotopic (exact) mass is 387 g/mol. The highest BCUT2D eigenvalue weighted by molar-refractivity contribution is 5.90. The summed E-state index contributed by atoms with van der Waals surface area (Å²) in [6.45, 7) is 7.11. The van der Waals surface area contributed by atoms with E-state index in [0.29, 0.717) is 25.1 Å². The number of hydrogen-bond acceptors (Lipinski definition) is 3. The molecule has 0 saturated carbocycles. The van der Waals surface area contributed by atoms with Crippen LogP contribution in [0.15, 0.2) is 24.3 Å². The summed E-state index contributed by atoms with van der Waals surface area (Å²) < 4.78 is 5.94. The summed E-state index contributed by atoms with van der Waals surface area (Å²) in [6.07, 6.45) is 6.00. The van der Waals surface area contributed by atoms with E-state index >= 15 is 0 Å². The van der Waals surface area contributed by atoms with E-state index in [9.17, 15) is 9.59 Å². The van der Waals surface area contributed by atoms with Gasteiger partial charge < -0.3 is 19.9 Å². The van der Waals surface area contributed by atoms with Gasteiger partial charge in [0.25, 0.3) is 0 Å². The van der Waals surface area contributed by atoms with E-state index in [1.165, 1.54) is 12.8 Å². The van der Waals surface area contributed by atoms with Gasteiger partial charge in [-0.1, -0.05) is 18.2 Å². The van der Waals surface area contributed by atoms with Crippen LogP contribution in [-0.4, -0.2) is 54.1 Å². The Balaban J connectivity index is 1.56. The maximum absolute atomic E-state index is 12.8. The molecule has 2 heterocycles. The summed E-state index contributed by atoms with van der Waals surface area (Å²) in [4.78, 5) is 28.2. The molecule has 2 saturated heterocycles. The minimum Gasteiger partial charge on any atom is -0.378 e. The summed E-state index contributed by atoms with van der Waals surface area (Å²) in [5.74, 6) is 0.612. The van der Waals surface area contributed by atoms with Gasteiger partial charge in [0.1, 0.15) is 0 Å². The molecule has 154 valence electrons. The van der Waals surface area contributed by atoms with Gasteiger partial charge in [-0.3, -0.25) is 4.79 Å². The van der Waals surface area contributed by atoms with E-state index in [1.54, 1.807) is 11.8 Å². The zero-order valence-electron chi connectivity index (χ0n) is 17.2. The fourth-order valence-electron chi connectivity index (χ4n) is 4.24. The van der Waals surface area contributed by atoms with Gasteiger partial charge in [-0.05, 0) is 56.6 Å². The van der Waals surface area contributed by atoms with Gasteiger partial charge in [-0.15, -0.1) is 0 Å². The fourth-order valence-corrected chi connectivity index (χ4v) is 4.24. The number of piperidine rings is 1. The molecular formula is C22H33N3O3. The number of amides is 3. The van der Waals surface area contributed by atoms with Crippen molar-refractivity contribution in [2.45, 2.75) is 58.6 Å². The Morgan fingerprint density at radius 2 is 1.93 bits per heavy atom. The van der Waals surface area contributed by atoms with Crippen molar-refractivity contribution in [1.82, 2.24) is 9.80 Å². The van der Waals surface area contributed by atoms with Crippen molar-refractivity contribution in [2.24, 2.45) is 5.92 Å². The number of hydrogen-bond donors (Lipinski definition) is 1. The quantitative estimate of drug-likeness (QED) is 0.834. The first-order valence-corrected chi connectivity index (χ1v) is 10.6. The normalized spacial score (nSPS) is 20.6. The van der Waals surface area contributed by atoms with E-state index in [1.807, 2.05) is 36.1 Å². The second kappa shape index (κ2) is 9.92. The standard InChI is InChI=1S/C22H33N3O3/c1-3-24(17(2)26)16-19-8-4-5-9-20(19)23-22(27)25-13-11-18(12-14-25)21-10-6-7-15-28-21/h4-5,8-9,18,21H,3,6-7,10-16H2,1-2H3,(H,23,27). The van der Waals surface area contributed by atoms with Crippen LogP contribution in [0.3, 0.4) is 0 Å². The molecule has 1 unspecified atom stereocenters. The summed E-state index contributed by atoms with van der Waals surface area (Å²) in [7, 11) is 0. The third-order valence-corrected chi connectivity index (χ3v) is 6.01. The first kappa shape index (κ1) is 20.6. The van der Waals surface area contributed by atoms with Gasteiger partial charge in [0.2, 0.25) is 5.91 Å². The molecule has 6 nitrogen and oxygen atoms in total. The van der Waals surface area contributed by atoms with Crippen molar-refractivity contribution in [1.29, 1.82) is 0 Å². The molecule has 1 aromatic rings. The zero-order valence-corrected chi connectivity index (χ0v) is 17.2. The minimum atomic E-state index is -0.0543. The molecule has 28 heavy (non-hydrogen) atoms. The van der Waals surface area contributed by atoms with E-state index in [2.05, 4.69) is 5.32 Å². The van der Waals surface area contributed by atoms with E-state index in [-0.39, 0.29) is 11.9 Å². The van der Waals surface area contributed by atoms with Crippen LogP contribution in [0.1, 0.15) is 51.5 Å². The summed E-state index contributed by atoms with van der Waals surface area (Å²) in [5, 5.41) is 3.06. The molecular weight excluding hydrogens is 354 g/mol. The number of likely N-dealkylation sites (tertiary alicyclic amines) is 1. The lowest BCUT2D eigenvalue weighted by molar-refractivity contribution is -0.129. The third kappa shape index (κ3) is 5.25. The Bertz CT molecular complexity index is 665. The van der Waals surface area contributed by atoms with Crippen molar-refractivity contribution < 1.29 is 14.3 Å². The number of para-hydroxylation sites is 1. The molecule has 6 heteroatoms. The zero-order chi connectivity index (χ0) is 19.9. The van der Waals surface area contributed by atoms with Crippen LogP contribution in [-0.2, 0) is 16.1 Å². The second-order valence-corrected chi connectivity index (χ2v) is 7.85. The molecule has 0 spiro atoms. The Morgan fingerprint density at radius 3 is 2.57 bits per heavy atom. The Kier molecular flexibility index (Phi) is 7.31. The SMILES string of the molecule is CCN(Cc1ccccc1NC(=O)N1CCC(C2CCCCO2)CC1)C(C)=O. The van der Waals surface area contributed by atoms with Gasteiger partial charge in [-0.2, -0.15) is 0 Å². The predicted octanol–water partition coefficient (Wildman–Crippen LogP) is 3.87. The number of carbonyl (C=O) groups is 2. The largest absolute Gasteiger partial charge is 0.378 e. The first-order chi connectivity index (χ1) is 13.6. The molecule has 2 aliphatic heterocycles. The van der Waals surface area contributed by atoms with Crippen molar-refractivity contribution in [3.8, 4) is 0 Å². The molecule has 3 amide bonds. The summed E-state index contributed by atoms with van der Waals surface area (Å²) in [5.41, 5.74) is 1.74. The van der Waals surface area contributed by atoms with Gasteiger partial charge >= 0.3 is 6.03 Å². The van der Waals surface area contributed by atoms with E-state index in [4.69, 9.17) is 4.74 Å². The van der Waals surface area contributed by atoms with Crippen molar-refractivity contribution in [2.75, 3.05) is 31.6 Å². The second-order valence-electron chi connectivity index (χ2n) is 7.85. The van der Waals surface area contributed by atoms with Crippen molar-refractivity contribution in [3.63, 3.8) is 0 Å². The highest BCUT2D eigenvalue weighted by atomic mass is 16.5. The van der Waals surface area contributed by atoms with E-state index in [0.717, 1.165) is 50.2 Å². The number of nitrogens with zero attached hydrogens (tertiary/aromatic N) is 2. The molecule has 1 N–H and O–H groups in total. The van der Waals surface area contributed by atoms with Crippen LogP contribution < -0.4 is 5.32 Å². The predicted molar refractivity (Wildman–Crippen MR) is 110 cm³/mol. The number of nitrogens with one attached hydrogen (secondary N) is 1. The maximum Gasteiger partial charge on any atom is 0.321 e. The Morgan fingerprint density at radius 1 is 1.18 bits per heavy atom. The Labute approximate surface area is 168 Å². The van der Waals surface area contributed by atoms with Crippen LogP contribution in [0.25, 0.3) is 0 Å². The lowest BCUT2D eigenvalue weighted by Gasteiger charge is -2.37. The average molecular weight is 388 g/mol. The smallest absolute Gasteiger partial charge is 0.321 e.